The van der Waals surface area contributed by atoms with Crippen LogP contribution in [0.1, 0.15) is 141 Å². The molecule has 0 spiro atoms. The summed E-state index contributed by atoms with van der Waals surface area (Å²) in [6, 6.07) is 1.36. The Labute approximate surface area is 252 Å². The van der Waals surface area contributed by atoms with Crippen LogP contribution in [0.25, 0.3) is 0 Å². The van der Waals surface area contributed by atoms with Crippen molar-refractivity contribution in [2.75, 3.05) is 26.3 Å². The number of fused-ring (bicyclic) bond motifs is 4. The van der Waals surface area contributed by atoms with Gasteiger partial charge in [0.2, 0.25) is 0 Å². The van der Waals surface area contributed by atoms with Gasteiger partial charge < -0.3 is 30.7 Å². The van der Waals surface area contributed by atoms with Crippen molar-refractivity contribution in [3.63, 3.8) is 0 Å². The summed E-state index contributed by atoms with van der Waals surface area (Å²) in [6.07, 6.45) is 14.6. The molecule has 42 heavy (non-hydrogen) atoms. The summed E-state index contributed by atoms with van der Waals surface area (Å²) in [6.45, 7) is 7.03. The van der Waals surface area contributed by atoms with E-state index in [1.807, 2.05) is 13.8 Å². The SMILES string of the molecule is CCOC(=O)c1c2nc(c(C(=O)OCC)c1C1CCCCC1)CN[C@@H]1CCCC[C@H]1NCCN[C@@H]1CCCC[C@H]1NC2. The molecule has 0 saturated heterocycles. The van der Waals surface area contributed by atoms with E-state index in [9.17, 15) is 9.59 Å². The van der Waals surface area contributed by atoms with E-state index in [1.165, 1.54) is 32.1 Å². The number of hydrogen-bond donors (Lipinski definition) is 4. The number of nitrogens with one attached hydrogen (secondary N) is 4. The zero-order chi connectivity index (χ0) is 29.3. The number of nitrogens with zero attached hydrogens (tertiary/aromatic N) is 1. The summed E-state index contributed by atoms with van der Waals surface area (Å²) in [5, 5.41) is 15.3. The molecule has 0 aromatic carbocycles. The zero-order valence-corrected chi connectivity index (χ0v) is 25.9. The molecule has 2 bridgehead atoms. The van der Waals surface area contributed by atoms with Crippen LogP contribution in [0.3, 0.4) is 0 Å². The Kier molecular flexibility index (Phi) is 11.6. The van der Waals surface area contributed by atoms with Crippen molar-refractivity contribution < 1.29 is 19.1 Å². The first-order valence-electron chi connectivity index (χ1n) is 16.9. The highest BCUT2D eigenvalue weighted by Crippen LogP contribution is 2.39. The molecule has 0 amide bonds. The maximum absolute atomic E-state index is 13.8. The zero-order valence-electron chi connectivity index (χ0n) is 25.9. The molecule has 1 aromatic heterocycles. The molecule has 9 heteroatoms. The maximum atomic E-state index is 13.8. The molecular formula is C33H53N5O4. The summed E-state index contributed by atoms with van der Waals surface area (Å²) in [5.74, 6) is -0.645. The van der Waals surface area contributed by atoms with Gasteiger partial charge in [-0.2, -0.15) is 0 Å². The third kappa shape index (κ3) is 7.52. The number of carbonyl (C=O) groups is 2. The highest BCUT2D eigenvalue weighted by molar-refractivity contribution is 6.00. The predicted molar refractivity (Wildman–Crippen MR) is 164 cm³/mol. The first kappa shape index (κ1) is 31.4. The minimum atomic E-state index is -0.375. The van der Waals surface area contributed by atoms with E-state index in [1.54, 1.807) is 0 Å². The van der Waals surface area contributed by atoms with Gasteiger partial charge in [-0.25, -0.2) is 9.59 Å². The molecule has 4 N–H and O–H groups in total. The number of rotatable bonds is 5. The van der Waals surface area contributed by atoms with Gasteiger partial charge in [0.15, 0.2) is 0 Å². The average Bonchev–Trinajstić information content (AvgIpc) is 3.02. The Balaban J connectivity index is 1.63. The molecule has 3 saturated carbocycles. The Bertz CT molecular complexity index is 989. The fourth-order valence-corrected chi connectivity index (χ4v) is 7.84. The smallest absolute Gasteiger partial charge is 0.340 e. The Morgan fingerprint density at radius 1 is 0.619 bits per heavy atom. The number of hydrogen-bond acceptors (Lipinski definition) is 9. The molecule has 4 atom stereocenters. The quantitative estimate of drug-likeness (QED) is 0.373. The minimum absolute atomic E-state index is 0.105. The second-order valence-corrected chi connectivity index (χ2v) is 12.6. The summed E-state index contributed by atoms with van der Waals surface area (Å²) < 4.78 is 11.3. The molecule has 9 nitrogen and oxygen atoms in total. The Morgan fingerprint density at radius 3 is 1.45 bits per heavy atom. The molecule has 0 unspecified atom stereocenters. The molecule has 4 aliphatic rings. The normalized spacial score (nSPS) is 28.0. The predicted octanol–water partition coefficient (Wildman–Crippen LogP) is 4.48. The van der Waals surface area contributed by atoms with Crippen LogP contribution in [-0.4, -0.2) is 67.4 Å². The third-order valence-corrected chi connectivity index (χ3v) is 9.89. The summed E-state index contributed by atoms with van der Waals surface area (Å²) >= 11 is 0. The summed E-state index contributed by atoms with van der Waals surface area (Å²) in [5.41, 5.74) is 3.21. The van der Waals surface area contributed by atoms with Crippen molar-refractivity contribution in [2.24, 2.45) is 0 Å². The second kappa shape index (κ2) is 15.6. The van der Waals surface area contributed by atoms with E-state index < -0.39 is 0 Å². The number of ether oxygens (including phenoxy) is 2. The molecule has 3 fully saturated rings. The molecule has 1 aliphatic heterocycles. The first-order valence-corrected chi connectivity index (χ1v) is 16.9. The van der Waals surface area contributed by atoms with E-state index in [4.69, 9.17) is 14.5 Å². The lowest BCUT2D eigenvalue weighted by Crippen LogP contribution is -2.53. The van der Waals surface area contributed by atoms with Crippen LogP contribution in [0.2, 0.25) is 0 Å². The van der Waals surface area contributed by atoms with Crippen molar-refractivity contribution in [1.82, 2.24) is 26.3 Å². The van der Waals surface area contributed by atoms with E-state index in [-0.39, 0.29) is 31.1 Å². The lowest BCUT2D eigenvalue weighted by atomic mass is 9.79. The van der Waals surface area contributed by atoms with Gasteiger partial charge in [-0.3, -0.25) is 4.98 Å². The van der Waals surface area contributed by atoms with Crippen molar-refractivity contribution in [1.29, 1.82) is 0 Å². The Hall–Kier alpha value is -2.07. The fraction of sp³-hybridized carbons (Fsp3) is 0.788. The molecule has 0 radical (unpaired) electrons. The van der Waals surface area contributed by atoms with Crippen molar-refractivity contribution in [3.05, 3.63) is 28.1 Å². The lowest BCUT2D eigenvalue weighted by Gasteiger charge is -2.34. The van der Waals surface area contributed by atoms with Crippen LogP contribution >= 0.6 is 0 Å². The topological polar surface area (TPSA) is 114 Å². The van der Waals surface area contributed by atoms with Crippen LogP contribution in [0.4, 0.5) is 0 Å². The number of esters is 2. The maximum Gasteiger partial charge on any atom is 0.340 e. The van der Waals surface area contributed by atoms with E-state index >= 15 is 0 Å². The van der Waals surface area contributed by atoms with Crippen LogP contribution in [0.15, 0.2) is 0 Å². The fourth-order valence-electron chi connectivity index (χ4n) is 7.84. The van der Waals surface area contributed by atoms with Gasteiger partial charge in [0.1, 0.15) is 0 Å². The monoisotopic (exact) mass is 583 g/mol. The third-order valence-electron chi connectivity index (χ3n) is 9.89. The van der Waals surface area contributed by atoms with Crippen LogP contribution < -0.4 is 21.3 Å². The van der Waals surface area contributed by atoms with Crippen LogP contribution in [-0.2, 0) is 22.6 Å². The van der Waals surface area contributed by atoms with Crippen molar-refractivity contribution in [2.45, 2.75) is 140 Å². The van der Waals surface area contributed by atoms with Gasteiger partial charge in [-0.15, -0.1) is 0 Å². The number of aromatic nitrogens is 1. The highest BCUT2D eigenvalue weighted by atomic mass is 16.5. The van der Waals surface area contributed by atoms with Gasteiger partial charge in [0.05, 0.1) is 35.7 Å². The number of pyridine rings is 1. The second-order valence-electron chi connectivity index (χ2n) is 12.6. The highest BCUT2D eigenvalue weighted by Gasteiger charge is 2.35. The Morgan fingerprint density at radius 2 is 1.02 bits per heavy atom. The van der Waals surface area contributed by atoms with Crippen molar-refractivity contribution in [3.8, 4) is 0 Å². The largest absolute Gasteiger partial charge is 0.462 e. The van der Waals surface area contributed by atoms with Crippen molar-refractivity contribution >= 4 is 11.9 Å². The molecule has 5 rings (SSSR count). The molecule has 2 heterocycles. The summed E-state index contributed by atoms with van der Waals surface area (Å²) in [4.78, 5) is 32.7. The van der Waals surface area contributed by atoms with E-state index in [0.29, 0.717) is 59.8 Å². The summed E-state index contributed by atoms with van der Waals surface area (Å²) in [7, 11) is 0. The molecule has 1 aromatic rings. The molecule has 3 aliphatic carbocycles. The van der Waals surface area contributed by atoms with Gasteiger partial charge in [0, 0.05) is 50.3 Å². The van der Waals surface area contributed by atoms with Crippen LogP contribution in [0.5, 0.6) is 0 Å². The van der Waals surface area contributed by atoms with Crippen LogP contribution in [0, 0.1) is 0 Å². The molecule has 234 valence electrons. The van der Waals surface area contributed by atoms with Gasteiger partial charge >= 0.3 is 11.9 Å². The van der Waals surface area contributed by atoms with Gasteiger partial charge in [0.25, 0.3) is 0 Å². The van der Waals surface area contributed by atoms with Gasteiger partial charge in [-0.1, -0.05) is 44.9 Å². The average molecular weight is 584 g/mol. The van der Waals surface area contributed by atoms with Gasteiger partial charge in [-0.05, 0) is 63.9 Å². The van der Waals surface area contributed by atoms with E-state index in [0.717, 1.165) is 70.0 Å². The molecular weight excluding hydrogens is 530 g/mol. The number of carbonyl (C=O) groups excluding carboxylic acids is 2. The standard InChI is InChI=1S/C33H53N5O4/c1-3-41-32(39)30-27-20-36-25-16-10-8-14-23(25)34-18-19-35-24-15-9-11-17-26(24)37-21-28(38-27)31(33(40)42-4-2)29(30)22-12-6-5-7-13-22/h22-26,34-37H,3-21H2,1-2H3/t23-,24-,25-,26-/m1/s1. The first-order chi connectivity index (χ1) is 20.6. The minimum Gasteiger partial charge on any atom is -0.462 e. The van der Waals surface area contributed by atoms with E-state index in [2.05, 4.69) is 21.3 Å². The lowest BCUT2D eigenvalue weighted by molar-refractivity contribution is 0.0517.